The number of carbonyl (C=O) groups excluding carboxylic acids is 1. The second-order valence-electron chi connectivity index (χ2n) is 4.46. The van der Waals surface area contributed by atoms with Gasteiger partial charge >= 0.3 is 5.97 Å². The molecule has 0 heterocycles. The summed E-state index contributed by atoms with van der Waals surface area (Å²) in [6, 6.07) is 0. The largest absolute Gasteiger partial charge is 0.469 e. The number of hydrogen-bond donors (Lipinski definition) is 1. The van der Waals surface area contributed by atoms with Gasteiger partial charge in [-0.3, -0.25) is 4.79 Å². The van der Waals surface area contributed by atoms with Crippen LogP contribution in [-0.2, 0) is 9.53 Å². The molecular weight excluding hydrogens is 224 g/mol. The lowest BCUT2D eigenvalue weighted by molar-refractivity contribution is -0.151. The zero-order chi connectivity index (χ0) is 12.8. The van der Waals surface area contributed by atoms with Gasteiger partial charge < -0.3 is 15.4 Å². The van der Waals surface area contributed by atoms with Crippen molar-refractivity contribution in [3.8, 4) is 0 Å². The molecule has 0 aliphatic carbocycles. The molecule has 0 bridgehead atoms. The Morgan fingerprint density at radius 3 is 2.44 bits per heavy atom. The van der Waals surface area contributed by atoms with Crippen molar-refractivity contribution in [2.75, 3.05) is 26.7 Å². The fourth-order valence-corrected chi connectivity index (χ4v) is 1.61. The third-order valence-corrected chi connectivity index (χ3v) is 2.68. The van der Waals surface area contributed by atoms with Crippen LogP contribution in [-0.4, -0.2) is 42.6 Å². The number of nitrogens with zero attached hydrogens (tertiary/aromatic N) is 1. The quantitative estimate of drug-likeness (QED) is 0.540. The molecule has 5 heteroatoms. The molecule has 0 saturated carbocycles. The Labute approximate surface area is 103 Å². The molecule has 0 aliphatic rings. The Bertz CT molecular complexity index is 254. The maximum Gasteiger partial charge on any atom is 0.312 e. The molecule has 4 nitrogen and oxygen atoms in total. The highest BCUT2D eigenvalue weighted by Crippen LogP contribution is 2.18. The predicted molar refractivity (Wildman–Crippen MR) is 69.3 cm³/mol. The lowest BCUT2D eigenvalue weighted by Crippen LogP contribution is -2.40. The molecule has 0 amide bonds. The smallest absolute Gasteiger partial charge is 0.312 e. The van der Waals surface area contributed by atoms with Crippen molar-refractivity contribution < 1.29 is 9.53 Å². The van der Waals surface area contributed by atoms with E-state index in [-0.39, 0.29) is 5.97 Å². The Kier molecular flexibility index (Phi) is 6.52. The molecule has 94 valence electrons. The van der Waals surface area contributed by atoms with Crippen molar-refractivity contribution in [1.29, 1.82) is 0 Å². The lowest BCUT2D eigenvalue weighted by atomic mass is 9.93. The fourth-order valence-electron chi connectivity index (χ4n) is 1.52. The van der Waals surface area contributed by atoms with E-state index >= 15 is 0 Å². The molecule has 0 radical (unpaired) electrons. The summed E-state index contributed by atoms with van der Waals surface area (Å²) >= 11 is 4.84. The van der Waals surface area contributed by atoms with Crippen molar-refractivity contribution in [2.24, 2.45) is 11.1 Å². The second-order valence-corrected chi connectivity index (χ2v) is 4.98. The SMILES string of the molecule is CCN(CCC(N)=S)CC(C)(C)C(=O)OC. The Balaban J connectivity index is 4.29. The first-order valence-electron chi connectivity index (χ1n) is 5.42. The number of carbonyl (C=O) groups is 1. The Morgan fingerprint density at radius 1 is 1.50 bits per heavy atom. The molecule has 0 spiro atoms. The van der Waals surface area contributed by atoms with Crippen LogP contribution >= 0.6 is 12.2 Å². The number of thiocarbonyl (C=S) groups is 1. The molecule has 0 unspecified atom stereocenters. The summed E-state index contributed by atoms with van der Waals surface area (Å²) in [6.07, 6.45) is 0.681. The van der Waals surface area contributed by atoms with E-state index in [1.807, 2.05) is 20.8 Å². The zero-order valence-electron chi connectivity index (χ0n) is 10.6. The van der Waals surface area contributed by atoms with E-state index in [9.17, 15) is 4.79 Å². The summed E-state index contributed by atoms with van der Waals surface area (Å²) in [5.74, 6) is -0.193. The normalized spacial score (nSPS) is 11.6. The van der Waals surface area contributed by atoms with Gasteiger partial charge in [0.15, 0.2) is 0 Å². The minimum atomic E-state index is -0.499. The Morgan fingerprint density at radius 2 is 2.06 bits per heavy atom. The van der Waals surface area contributed by atoms with Crippen molar-refractivity contribution in [3.63, 3.8) is 0 Å². The van der Waals surface area contributed by atoms with Crippen molar-refractivity contribution in [1.82, 2.24) is 4.90 Å². The van der Waals surface area contributed by atoms with Gasteiger partial charge in [-0.2, -0.15) is 0 Å². The van der Waals surface area contributed by atoms with E-state index in [0.29, 0.717) is 18.0 Å². The summed E-state index contributed by atoms with van der Waals surface area (Å²) in [4.78, 5) is 14.2. The first-order chi connectivity index (χ1) is 7.33. The average Bonchev–Trinajstić information content (AvgIpc) is 2.22. The molecule has 16 heavy (non-hydrogen) atoms. The second kappa shape index (κ2) is 6.81. The standard InChI is InChI=1S/C11H22N2O2S/c1-5-13(7-6-9(12)16)8-11(2,3)10(14)15-4/h5-8H2,1-4H3,(H2,12,16). The first kappa shape index (κ1) is 15.3. The number of nitrogens with two attached hydrogens (primary N) is 1. The number of methoxy groups -OCH3 is 1. The van der Waals surface area contributed by atoms with E-state index in [1.165, 1.54) is 7.11 Å². The number of rotatable bonds is 7. The summed E-state index contributed by atoms with van der Waals surface area (Å²) in [6.45, 7) is 8.10. The molecule has 0 aliphatic heterocycles. The topological polar surface area (TPSA) is 55.6 Å². The van der Waals surface area contributed by atoms with E-state index in [1.54, 1.807) is 0 Å². The van der Waals surface area contributed by atoms with Crippen molar-refractivity contribution in [3.05, 3.63) is 0 Å². The molecule has 0 aromatic rings. The highest BCUT2D eigenvalue weighted by Gasteiger charge is 2.30. The number of esters is 1. The highest BCUT2D eigenvalue weighted by atomic mass is 32.1. The predicted octanol–water partition coefficient (Wildman–Crippen LogP) is 1.18. The van der Waals surface area contributed by atoms with Gasteiger partial charge in [-0.1, -0.05) is 19.1 Å². The van der Waals surface area contributed by atoms with E-state index in [2.05, 4.69) is 4.90 Å². The average molecular weight is 246 g/mol. The van der Waals surface area contributed by atoms with E-state index < -0.39 is 5.41 Å². The fraction of sp³-hybridized carbons (Fsp3) is 0.818. The molecule has 0 rings (SSSR count). The third-order valence-electron chi connectivity index (χ3n) is 2.48. The lowest BCUT2D eigenvalue weighted by Gasteiger charge is -2.29. The molecule has 0 aromatic carbocycles. The van der Waals surface area contributed by atoms with Gasteiger partial charge in [0.25, 0.3) is 0 Å². The first-order valence-corrected chi connectivity index (χ1v) is 5.83. The van der Waals surface area contributed by atoms with Gasteiger partial charge in [-0.15, -0.1) is 0 Å². The molecular formula is C11H22N2O2S. The van der Waals surface area contributed by atoms with Crippen LogP contribution in [0.5, 0.6) is 0 Å². The Hall–Kier alpha value is -0.680. The molecule has 0 aromatic heterocycles. The maximum atomic E-state index is 11.5. The molecule has 2 N–H and O–H groups in total. The third kappa shape index (κ3) is 5.42. The van der Waals surface area contributed by atoms with Gasteiger partial charge in [0, 0.05) is 19.5 Å². The van der Waals surface area contributed by atoms with Crippen LogP contribution in [0.4, 0.5) is 0 Å². The highest BCUT2D eigenvalue weighted by molar-refractivity contribution is 7.80. The van der Waals surface area contributed by atoms with Gasteiger partial charge in [-0.05, 0) is 20.4 Å². The van der Waals surface area contributed by atoms with Crippen LogP contribution in [0.1, 0.15) is 27.2 Å². The van der Waals surface area contributed by atoms with Crippen LogP contribution in [0.3, 0.4) is 0 Å². The van der Waals surface area contributed by atoms with Gasteiger partial charge in [0.2, 0.25) is 0 Å². The monoisotopic (exact) mass is 246 g/mol. The summed E-state index contributed by atoms with van der Waals surface area (Å²) in [5, 5.41) is 0. The van der Waals surface area contributed by atoms with Gasteiger partial charge in [0.05, 0.1) is 17.5 Å². The number of hydrogen-bond acceptors (Lipinski definition) is 4. The van der Waals surface area contributed by atoms with Crippen LogP contribution in [0, 0.1) is 5.41 Å². The molecule has 0 atom stereocenters. The zero-order valence-corrected chi connectivity index (χ0v) is 11.4. The van der Waals surface area contributed by atoms with Crippen molar-refractivity contribution >= 4 is 23.2 Å². The van der Waals surface area contributed by atoms with E-state index in [4.69, 9.17) is 22.7 Å². The minimum Gasteiger partial charge on any atom is -0.469 e. The van der Waals surface area contributed by atoms with E-state index in [0.717, 1.165) is 13.1 Å². The van der Waals surface area contributed by atoms with Gasteiger partial charge in [-0.25, -0.2) is 0 Å². The van der Waals surface area contributed by atoms with Crippen LogP contribution in [0.15, 0.2) is 0 Å². The minimum absolute atomic E-state index is 0.193. The van der Waals surface area contributed by atoms with Crippen LogP contribution in [0.2, 0.25) is 0 Å². The van der Waals surface area contributed by atoms with Gasteiger partial charge in [0.1, 0.15) is 0 Å². The maximum absolute atomic E-state index is 11.5. The summed E-state index contributed by atoms with van der Waals surface area (Å²) in [7, 11) is 1.41. The van der Waals surface area contributed by atoms with Crippen LogP contribution in [0.25, 0.3) is 0 Å². The summed E-state index contributed by atoms with van der Waals surface area (Å²) in [5.41, 5.74) is 4.96. The van der Waals surface area contributed by atoms with Crippen molar-refractivity contribution in [2.45, 2.75) is 27.2 Å². The number of ether oxygens (including phenoxy) is 1. The summed E-state index contributed by atoms with van der Waals surface area (Å²) < 4.78 is 4.77. The van der Waals surface area contributed by atoms with Crippen LogP contribution < -0.4 is 5.73 Å². The molecule has 0 fully saturated rings. The molecule has 0 saturated heterocycles.